The van der Waals surface area contributed by atoms with Crippen LogP contribution >= 0.6 is 0 Å². The Balaban J connectivity index is 1.49. The quantitative estimate of drug-likeness (QED) is 0.725. The summed E-state index contributed by atoms with van der Waals surface area (Å²) >= 11 is 0. The summed E-state index contributed by atoms with van der Waals surface area (Å²) in [4.78, 5) is 31.0. The van der Waals surface area contributed by atoms with Gasteiger partial charge in [-0.15, -0.1) is 0 Å². The van der Waals surface area contributed by atoms with Crippen molar-refractivity contribution in [1.82, 2.24) is 15.1 Å². The Kier molecular flexibility index (Phi) is 6.91. The lowest BCUT2D eigenvalue weighted by atomic mass is 9.78. The summed E-state index contributed by atoms with van der Waals surface area (Å²) in [7, 11) is 1.57. The van der Waals surface area contributed by atoms with Crippen molar-refractivity contribution < 1.29 is 22.8 Å². The molecule has 0 aromatic heterocycles. The minimum absolute atomic E-state index is 0.0195. The van der Waals surface area contributed by atoms with Crippen molar-refractivity contribution >= 4 is 17.6 Å². The van der Waals surface area contributed by atoms with E-state index >= 15 is 0 Å². The first-order valence-electron chi connectivity index (χ1n) is 11.8. The molecule has 2 atom stereocenters. The Labute approximate surface area is 197 Å². The Morgan fingerprint density at radius 1 is 1.06 bits per heavy atom. The van der Waals surface area contributed by atoms with Crippen molar-refractivity contribution in [3.8, 4) is 6.07 Å². The number of carbonyl (C=O) groups excluding carboxylic acids is 2. The zero-order valence-corrected chi connectivity index (χ0v) is 19.3. The molecule has 3 aliphatic heterocycles. The highest BCUT2D eigenvalue weighted by atomic mass is 19.4. The smallest absolute Gasteiger partial charge is 0.370 e. The molecule has 184 valence electrons. The van der Waals surface area contributed by atoms with Crippen molar-refractivity contribution in [2.75, 3.05) is 51.2 Å². The monoisotopic (exact) mass is 477 g/mol. The molecular formula is C24H30F3N5O2. The molecule has 3 amide bonds. The standard InChI is InChI=1S/C24H30F3N5O2/c1-29-22(33)20-15-32(18-5-4-17(13-28)21(12-18)24(25,26)27)14-19(20)16-6-10-31(11-7-16)23(34)30-8-2-3-9-30/h4-5,12,16,19-20H,2-3,6-11,14-15H2,1H3,(H,29,33)/t19-,20+/m0/s1. The number of carbonyl (C=O) groups is 2. The van der Waals surface area contributed by atoms with Gasteiger partial charge in [0.15, 0.2) is 0 Å². The SMILES string of the molecule is CNC(=O)[C@@H]1CN(c2ccc(C#N)c(C(F)(F)F)c2)C[C@H]1C1CCN(C(=O)N2CCCC2)CC1. The fourth-order valence-electron chi connectivity index (χ4n) is 5.67. The molecule has 4 rings (SSSR count). The van der Waals surface area contributed by atoms with Crippen LogP contribution in [-0.4, -0.2) is 68.1 Å². The molecule has 0 aliphatic carbocycles. The summed E-state index contributed by atoms with van der Waals surface area (Å²) in [5.74, 6) is -0.280. The summed E-state index contributed by atoms with van der Waals surface area (Å²) in [6.07, 6.45) is -1.01. The second kappa shape index (κ2) is 9.72. The Hall–Kier alpha value is -2.96. The fraction of sp³-hybridized carbons (Fsp3) is 0.625. The summed E-state index contributed by atoms with van der Waals surface area (Å²) in [5, 5.41) is 11.8. The van der Waals surface area contributed by atoms with Gasteiger partial charge in [-0.1, -0.05) is 0 Å². The average Bonchev–Trinajstić information content (AvgIpc) is 3.53. The number of alkyl halides is 3. The number of amides is 3. The maximum Gasteiger partial charge on any atom is 0.417 e. The zero-order valence-electron chi connectivity index (χ0n) is 19.3. The lowest BCUT2D eigenvalue weighted by Gasteiger charge is -2.37. The number of likely N-dealkylation sites (tertiary alicyclic amines) is 2. The van der Waals surface area contributed by atoms with E-state index < -0.39 is 17.3 Å². The molecule has 3 saturated heterocycles. The predicted molar refractivity (Wildman–Crippen MR) is 120 cm³/mol. The molecule has 3 fully saturated rings. The van der Waals surface area contributed by atoms with Gasteiger partial charge >= 0.3 is 12.2 Å². The normalized spacial score (nSPS) is 23.8. The van der Waals surface area contributed by atoms with Crippen molar-refractivity contribution in [3.63, 3.8) is 0 Å². The number of benzene rings is 1. The number of hydrogen-bond acceptors (Lipinski definition) is 4. The van der Waals surface area contributed by atoms with Gasteiger partial charge in [0, 0.05) is 52.0 Å². The largest absolute Gasteiger partial charge is 0.417 e. The zero-order chi connectivity index (χ0) is 24.5. The summed E-state index contributed by atoms with van der Waals surface area (Å²) in [6, 6.07) is 5.43. The minimum Gasteiger partial charge on any atom is -0.370 e. The first-order valence-corrected chi connectivity index (χ1v) is 11.8. The maximum absolute atomic E-state index is 13.5. The number of hydrogen-bond donors (Lipinski definition) is 1. The highest BCUT2D eigenvalue weighted by molar-refractivity contribution is 5.80. The Bertz CT molecular complexity index is 962. The van der Waals surface area contributed by atoms with Gasteiger partial charge in [-0.3, -0.25) is 4.79 Å². The molecule has 1 N–H and O–H groups in total. The van der Waals surface area contributed by atoms with Gasteiger partial charge in [-0.2, -0.15) is 18.4 Å². The van der Waals surface area contributed by atoms with Crippen LogP contribution in [0.3, 0.4) is 0 Å². The molecule has 0 bridgehead atoms. The lowest BCUT2D eigenvalue weighted by molar-refractivity contribution is -0.137. The van der Waals surface area contributed by atoms with Gasteiger partial charge in [-0.05, 0) is 55.7 Å². The average molecular weight is 478 g/mol. The molecule has 0 radical (unpaired) electrons. The number of halogens is 3. The van der Waals surface area contributed by atoms with Crippen LogP contribution < -0.4 is 10.2 Å². The maximum atomic E-state index is 13.5. The Morgan fingerprint density at radius 2 is 1.71 bits per heavy atom. The highest BCUT2D eigenvalue weighted by Gasteiger charge is 2.43. The van der Waals surface area contributed by atoms with E-state index in [1.165, 1.54) is 12.1 Å². The van der Waals surface area contributed by atoms with Crippen molar-refractivity contribution in [1.29, 1.82) is 5.26 Å². The number of nitrogens with one attached hydrogen (secondary N) is 1. The van der Waals surface area contributed by atoms with Gasteiger partial charge < -0.3 is 20.0 Å². The van der Waals surface area contributed by atoms with E-state index in [1.807, 2.05) is 14.7 Å². The molecule has 3 heterocycles. The van der Waals surface area contributed by atoms with Crippen molar-refractivity contribution in [2.45, 2.75) is 31.9 Å². The van der Waals surface area contributed by atoms with Crippen molar-refractivity contribution in [2.24, 2.45) is 17.8 Å². The topological polar surface area (TPSA) is 79.7 Å². The van der Waals surface area contributed by atoms with Crippen LogP contribution in [0.4, 0.5) is 23.7 Å². The molecule has 1 aromatic rings. The highest BCUT2D eigenvalue weighted by Crippen LogP contribution is 2.40. The Morgan fingerprint density at radius 3 is 2.29 bits per heavy atom. The van der Waals surface area contributed by atoms with Gasteiger partial charge in [0.2, 0.25) is 5.91 Å². The third-order valence-electron chi connectivity index (χ3n) is 7.53. The molecule has 0 unspecified atom stereocenters. The molecule has 10 heteroatoms. The second-order valence-electron chi connectivity index (χ2n) is 9.43. The van der Waals surface area contributed by atoms with E-state index in [9.17, 15) is 22.8 Å². The number of piperidine rings is 1. The van der Waals surface area contributed by atoms with Gasteiger partial charge in [0.25, 0.3) is 0 Å². The van der Waals surface area contributed by atoms with Crippen LogP contribution in [0.2, 0.25) is 0 Å². The molecule has 1 aromatic carbocycles. The summed E-state index contributed by atoms with van der Waals surface area (Å²) in [6.45, 7) is 3.66. The van der Waals surface area contributed by atoms with Crippen LogP contribution in [0.5, 0.6) is 0 Å². The number of anilines is 1. The van der Waals surface area contributed by atoms with Crippen LogP contribution in [0.25, 0.3) is 0 Å². The van der Waals surface area contributed by atoms with Crippen molar-refractivity contribution in [3.05, 3.63) is 29.3 Å². The van der Waals surface area contributed by atoms with Crippen LogP contribution in [-0.2, 0) is 11.0 Å². The third-order valence-corrected chi connectivity index (χ3v) is 7.53. The predicted octanol–water partition coefficient (Wildman–Crippen LogP) is 3.30. The van der Waals surface area contributed by atoms with E-state index in [0.29, 0.717) is 31.9 Å². The molecule has 3 aliphatic rings. The third kappa shape index (κ3) is 4.79. The number of nitrogens with zero attached hydrogens (tertiary/aromatic N) is 4. The fourth-order valence-corrected chi connectivity index (χ4v) is 5.67. The van der Waals surface area contributed by atoms with Gasteiger partial charge in [0.05, 0.1) is 23.1 Å². The number of rotatable bonds is 3. The van der Waals surface area contributed by atoms with E-state index in [4.69, 9.17) is 5.26 Å². The van der Waals surface area contributed by atoms with E-state index in [2.05, 4.69) is 5.32 Å². The first kappa shape index (κ1) is 24.2. The van der Waals surface area contributed by atoms with Crippen LogP contribution in [0, 0.1) is 29.1 Å². The summed E-state index contributed by atoms with van der Waals surface area (Å²) < 4.78 is 40.4. The molecule has 0 saturated carbocycles. The molecule has 0 spiro atoms. The van der Waals surface area contributed by atoms with Gasteiger partial charge in [0.1, 0.15) is 0 Å². The number of nitriles is 1. The lowest BCUT2D eigenvalue weighted by Crippen LogP contribution is -2.47. The molecule has 7 nitrogen and oxygen atoms in total. The second-order valence-corrected chi connectivity index (χ2v) is 9.43. The van der Waals surface area contributed by atoms with E-state index in [1.54, 1.807) is 13.1 Å². The van der Waals surface area contributed by atoms with Crippen LogP contribution in [0.15, 0.2) is 18.2 Å². The van der Waals surface area contributed by atoms with E-state index in [-0.39, 0.29) is 29.7 Å². The molecular weight excluding hydrogens is 447 g/mol. The van der Waals surface area contributed by atoms with Gasteiger partial charge in [-0.25, -0.2) is 4.79 Å². The molecule has 34 heavy (non-hydrogen) atoms. The van der Waals surface area contributed by atoms with E-state index in [0.717, 1.165) is 44.8 Å². The first-order chi connectivity index (χ1) is 16.2. The number of urea groups is 1. The summed E-state index contributed by atoms with van der Waals surface area (Å²) in [5.41, 5.74) is -1.00. The van der Waals surface area contributed by atoms with Crippen LogP contribution in [0.1, 0.15) is 36.8 Å². The minimum atomic E-state index is -4.63.